The molecule has 1 aromatic heterocycles. The second-order valence-corrected chi connectivity index (χ2v) is 5.96. The molecule has 1 aliphatic rings. The van der Waals surface area contributed by atoms with Crippen LogP contribution in [0.5, 0.6) is 0 Å². The number of sulfonamides is 1. The molecule has 8 nitrogen and oxygen atoms in total. The summed E-state index contributed by atoms with van der Waals surface area (Å²) >= 11 is 0. The van der Waals surface area contributed by atoms with E-state index in [0.717, 1.165) is 6.20 Å². The van der Waals surface area contributed by atoms with E-state index < -0.39 is 26.2 Å². The number of hydrogen-bond acceptors (Lipinski definition) is 5. The van der Waals surface area contributed by atoms with Gasteiger partial charge < -0.3 is 10.3 Å². The molecule has 0 unspecified atom stereocenters. The van der Waals surface area contributed by atoms with Crippen LogP contribution in [0, 0.1) is 0 Å². The number of aromatic nitrogens is 2. The summed E-state index contributed by atoms with van der Waals surface area (Å²) < 4.78 is 25.8. The normalized spacial score (nSPS) is 21.9. The molecule has 0 bridgehead atoms. The Kier molecular flexibility index (Phi) is 3.37. The molecule has 0 saturated carbocycles. The first-order valence-electron chi connectivity index (χ1n) is 5.47. The first-order chi connectivity index (χ1) is 8.43. The zero-order valence-corrected chi connectivity index (χ0v) is 10.6. The lowest BCUT2D eigenvalue weighted by Crippen LogP contribution is -2.53. The Bertz CT molecular complexity index is 647. The lowest BCUT2D eigenvalue weighted by atomic mass is 10.3. The Morgan fingerprint density at radius 2 is 2.11 bits per heavy atom. The summed E-state index contributed by atoms with van der Waals surface area (Å²) in [7, 11) is -3.88. The van der Waals surface area contributed by atoms with Crippen LogP contribution in [-0.2, 0) is 10.0 Å². The Hall–Kier alpha value is -1.45. The summed E-state index contributed by atoms with van der Waals surface area (Å²) in [6.45, 7) is 3.11. The molecule has 0 amide bonds. The van der Waals surface area contributed by atoms with Crippen molar-refractivity contribution in [1.29, 1.82) is 0 Å². The van der Waals surface area contributed by atoms with Crippen LogP contribution >= 0.6 is 0 Å². The zero-order chi connectivity index (χ0) is 13.3. The van der Waals surface area contributed by atoms with Crippen molar-refractivity contribution in [3.05, 3.63) is 27.0 Å². The van der Waals surface area contributed by atoms with Crippen molar-refractivity contribution in [2.45, 2.75) is 17.9 Å². The van der Waals surface area contributed by atoms with Crippen molar-refractivity contribution in [3.8, 4) is 0 Å². The number of H-pyrrole nitrogens is 2. The van der Waals surface area contributed by atoms with Gasteiger partial charge in [0.2, 0.25) is 10.0 Å². The van der Waals surface area contributed by atoms with Crippen molar-refractivity contribution >= 4 is 10.0 Å². The van der Waals surface area contributed by atoms with Crippen LogP contribution in [0.2, 0.25) is 0 Å². The summed E-state index contributed by atoms with van der Waals surface area (Å²) in [5.74, 6) is 0. The quantitative estimate of drug-likeness (QED) is 0.579. The van der Waals surface area contributed by atoms with E-state index in [2.05, 4.69) is 10.3 Å². The van der Waals surface area contributed by atoms with Gasteiger partial charge in [0, 0.05) is 31.9 Å². The predicted molar refractivity (Wildman–Crippen MR) is 63.9 cm³/mol. The molecule has 1 atom stereocenters. The number of nitrogens with one attached hydrogen (secondary N) is 3. The van der Waals surface area contributed by atoms with E-state index in [1.54, 1.807) is 6.92 Å². The van der Waals surface area contributed by atoms with Crippen LogP contribution in [0.4, 0.5) is 0 Å². The maximum atomic E-state index is 12.3. The van der Waals surface area contributed by atoms with Gasteiger partial charge in [0.25, 0.3) is 5.56 Å². The molecule has 2 rings (SSSR count). The molecule has 1 fully saturated rings. The summed E-state index contributed by atoms with van der Waals surface area (Å²) in [5, 5.41) is 3.06. The molecule has 2 heterocycles. The van der Waals surface area contributed by atoms with Gasteiger partial charge in [0.05, 0.1) is 0 Å². The van der Waals surface area contributed by atoms with Gasteiger partial charge >= 0.3 is 5.69 Å². The molecular formula is C9H14N4O4S. The lowest BCUT2D eigenvalue weighted by molar-refractivity contribution is 0.283. The fourth-order valence-corrected chi connectivity index (χ4v) is 3.52. The van der Waals surface area contributed by atoms with Crippen LogP contribution in [0.15, 0.2) is 20.7 Å². The van der Waals surface area contributed by atoms with Crippen molar-refractivity contribution in [2.75, 3.05) is 19.6 Å². The monoisotopic (exact) mass is 274 g/mol. The van der Waals surface area contributed by atoms with Gasteiger partial charge in [-0.25, -0.2) is 13.2 Å². The minimum Gasteiger partial charge on any atom is -0.314 e. The topological polar surface area (TPSA) is 115 Å². The molecule has 1 aliphatic heterocycles. The van der Waals surface area contributed by atoms with Crippen LogP contribution in [-0.4, -0.2) is 48.4 Å². The van der Waals surface area contributed by atoms with E-state index in [-0.39, 0.29) is 6.04 Å². The van der Waals surface area contributed by atoms with Crippen LogP contribution in [0.1, 0.15) is 6.92 Å². The molecule has 18 heavy (non-hydrogen) atoms. The van der Waals surface area contributed by atoms with Crippen molar-refractivity contribution in [2.24, 2.45) is 0 Å². The van der Waals surface area contributed by atoms with E-state index in [9.17, 15) is 18.0 Å². The van der Waals surface area contributed by atoms with Crippen molar-refractivity contribution in [3.63, 3.8) is 0 Å². The summed E-state index contributed by atoms with van der Waals surface area (Å²) in [6, 6.07) is -0.241. The molecule has 0 spiro atoms. The third kappa shape index (κ3) is 2.24. The average molecular weight is 274 g/mol. The highest BCUT2D eigenvalue weighted by atomic mass is 32.2. The maximum Gasteiger partial charge on any atom is 0.325 e. The SMILES string of the molecule is C[C@H]1CNCCN1S(=O)(=O)c1c[nH]c(=O)[nH]c1=O. The molecule has 9 heteroatoms. The maximum absolute atomic E-state index is 12.3. The van der Waals surface area contributed by atoms with Gasteiger partial charge in [-0.1, -0.05) is 0 Å². The van der Waals surface area contributed by atoms with E-state index in [0.29, 0.717) is 19.6 Å². The molecule has 0 aromatic carbocycles. The number of rotatable bonds is 2. The summed E-state index contributed by atoms with van der Waals surface area (Å²) in [5.41, 5.74) is -1.63. The molecule has 0 radical (unpaired) electrons. The smallest absolute Gasteiger partial charge is 0.314 e. The van der Waals surface area contributed by atoms with Gasteiger partial charge in [-0.2, -0.15) is 4.31 Å². The van der Waals surface area contributed by atoms with Gasteiger partial charge in [0.15, 0.2) is 4.90 Å². The zero-order valence-electron chi connectivity index (χ0n) is 9.76. The van der Waals surface area contributed by atoms with E-state index >= 15 is 0 Å². The minimum absolute atomic E-state index is 0.241. The Morgan fingerprint density at radius 1 is 1.39 bits per heavy atom. The number of hydrogen-bond donors (Lipinski definition) is 3. The summed E-state index contributed by atoms with van der Waals surface area (Å²) in [6.07, 6.45) is 0.936. The third-order valence-corrected chi connectivity index (χ3v) is 4.83. The second-order valence-electron chi connectivity index (χ2n) is 4.11. The Labute approximate surface area is 103 Å². The molecule has 0 aliphatic carbocycles. The van der Waals surface area contributed by atoms with Crippen LogP contribution in [0.25, 0.3) is 0 Å². The van der Waals surface area contributed by atoms with Gasteiger partial charge in [-0.15, -0.1) is 0 Å². The highest BCUT2D eigenvalue weighted by Gasteiger charge is 2.32. The molecule has 1 aromatic rings. The van der Waals surface area contributed by atoms with E-state index in [1.165, 1.54) is 4.31 Å². The highest BCUT2D eigenvalue weighted by molar-refractivity contribution is 7.89. The fourth-order valence-electron chi connectivity index (χ4n) is 1.89. The van der Waals surface area contributed by atoms with Gasteiger partial charge in [-0.05, 0) is 6.92 Å². The first-order valence-corrected chi connectivity index (χ1v) is 6.91. The highest BCUT2D eigenvalue weighted by Crippen LogP contribution is 2.14. The summed E-state index contributed by atoms with van der Waals surface area (Å²) in [4.78, 5) is 26.1. The molecule has 1 saturated heterocycles. The number of aromatic amines is 2. The van der Waals surface area contributed by atoms with Crippen molar-refractivity contribution < 1.29 is 8.42 Å². The average Bonchev–Trinajstić information content (AvgIpc) is 2.28. The van der Waals surface area contributed by atoms with E-state index in [1.807, 2.05) is 4.98 Å². The standard InChI is InChI=1S/C9H14N4O4S/c1-6-4-10-2-3-13(6)18(16,17)7-5-11-9(15)12-8(7)14/h5-6,10H,2-4H2,1H3,(H2,11,12,14,15)/t6-/m0/s1. The first kappa shape index (κ1) is 13.0. The molecular weight excluding hydrogens is 260 g/mol. The Morgan fingerprint density at radius 3 is 2.72 bits per heavy atom. The van der Waals surface area contributed by atoms with Gasteiger partial charge in [-0.3, -0.25) is 9.78 Å². The fraction of sp³-hybridized carbons (Fsp3) is 0.556. The number of nitrogens with zero attached hydrogens (tertiary/aromatic N) is 1. The molecule has 3 N–H and O–H groups in total. The van der Waals surface area contributed by atoms with Crippen LogP contribution < -0.4 is 16.6 Å². The van der Waals surface area contributed by atoms with Gasteiger partial charge in [0.1, 0.15) is 0 Å². The second kappa shape index (κ2) is 4.67. The van der Waals surface area contributed by atoms with E-state index in [4.69, 9.17) is 0 Å². The number of piperazine rings is 1. The van der Waals surface area contributed by atoms with Crippen molar-refractivity contribution in [1.82, 2.24) is 19.6 Å². The predicted octanol–water partition coefficient (Wildman–Crippen LogP) is -1.95. The molecule has 100 valence electrons. The lowest BCUT2D eigenvalue weighted by Gasteiger charge is -2.32. The van der Waals surface area contributed by atoms with Crippen LogP contribution in [0.3, 0.4) is 0 Å². The Balaban J connectivity index is 2.47. The largest absolute Gasteiger partial charge is 0.325 e. The minimum atomic E-state index is -3.88. The third-order valence-electron chi connectivity index (χ3n) is 2.81.